The Morgan fingerprint density at radius 3 is 3.25 bits per heavy atom. The first-order chi connectivity index (χ1) is 7.81. The molecule has 86 valence electrons. The molecule has 2 N–H and O–H groups in total. The highest BCUT2D eigenvalue weighted by atomic mass is 16.5. The van der Waals surface area contributed by atoms with E-state index in [1.165, 1.54) is 4.52 Å². The second kappa shape index (κ2) is 4.75. The molecule has 0 aliphatic rings. The molecule has 16 heavy (non-hydrogen) atoms. The van der Waals surface area contributed by atoms with Crippen molar-refractivity contribution in [1.29, 1.82) is 0 Å². The summed E-state index contributed by atoms with van der Waals surface area (Å²) in [5, 5.41) is 13.2. The van der Waals surface area contributed by atoms with Gasteiger partial charge in [0.25, 0.3) is 0 Å². The molecule has 7 nitrogen and oxygen atoms in total. The van der Waals surface area contributed by atoms with Crippen molar-refractivity contribution in [3.63, 3.8) is 0 Å². The molecular weight excluding hydrogens is 210 g/mol. The first kappa shape index (κ1) is 10.6. The maximum atomic E-state index is 11.2. The molecule has 0 spiro atoms. The van der Waals surface area contributed by atoms with E-state index >= 15 is 0 Å². The molecule has 7 heteroatoms. The van der Waals surface area contributed by atoms with E-state index in [0.717, 1.165) is 0 Å². The Labute approximate surface area is 91.4 Å². The van der Waals surface area contributed by atoms with Crippen molar-refractivity contribution in [2.75, 3.05) is 25.1 Å². The summed E-state index contributed by atoms with van der Waals surface area (Å²) >= 11 is 0. The fourth-order valence-corrected chi connectivity index (χ4v) is 1.29. The van der Waals surface area contributed by atoms with Crippen molar-refractivity contribution in [3.8, 4) is 0 Å². The maximum Gasteiger partial charge on any atom is 0.364 e. The minimum atomic E-state index is -0.344. The Morgan fingerprint density at radius 2 is 2.44 bits per heavy atom. The fourth-order valence-electron chi connectivity index (χ4n) is 1.29. The molecule has 0 aliphatic carbocycles. The van der Waals surface area contributed by atoms with Gasteiger partial charge < -0.3 is 10.1 Å². The number of H-pyrrole nitrogens is 1. The summed E-state index contributed by atoms with van der Waals surface area (Å²) in [5.74, 6) is 0.621. The first-order valence-electron chi connectivity index (χ1n) is 5.07. The standard InChI is InChI=1S/C9H13N5O2/c1-2-16-6-5-10-7-3-4-8-11-12-9(15)14(8)13-7/h3-4H,2,5-6H2,1H3,(H,10,13)(H,12,15). The van der Waals surface area contributed by atoms with Gasteiger partial charge in [-0.15, -0.1) is 5.10 Å². The van der Waals surface area contributed by atoms with Crippen molar-refractivity contribution < 1.29 is 4.74 Å². The summed E-state index contributed by atoms with van der Waals surface area (Å²) < 4.78 is 6.39. The molecule has 0 atom stereocenters. The van der Waals surface area contributed by atoms with Crippen LogP contribution in [0.2, 0.25) is 0 Å². The Morgan fingerprint density at radius 1 is 1.56 bits per heavy atom. The van der Waals surface area contributed by atoms with Crippen LogP contribution in [0, 0.1) is 0 Å². The summed E-state index contributed by atoms with van der Waals surface area (Å²) in [7, 11) is 0. The molecule has 2 heterocycles. The smallest absolute Gasteiger partial charge is 0.364 e. The van der Waals surface area contributed by atoms with Gasteiger partial charge >= 0.3 is 5.69 Å². The number of ether oxygens (including phenoxy) is 1. The van der Waals surface area contributed by atoms with Crippen LogP contribution in [-0.4, -0.2) is 39.6 Å². The van der Waals surface area contributed by atoms with Gasteiger partial charge in [0.05, 0.1) is 6.61 Å². The molecule has 0 saturated heterocycles. The summed E-state index contributed by atoms with van der Waals surface area (Å²) in [5.41, 5.74) is 0.156. The molecule has 2 aromatic rings. The van der Waals surface area contributed by atoms with E-state index in [1.54, 1.807) is 12.1 Å². The van der Waals surface area contributed by atoms with Crippen LogP contribution in [0.25, 0.3) is 5.65 Å². The lowest BCUT2D eigenvalue weighted by atomic mass is 10.5. The van der Waals surface area contributed by atoms with E-state index < -0.39 is 0 Å². The maximum absolute atomic E-state index is 11.2. The summed E-state index contributed by atoms with van der Waals surface area (Å²) in [6, 6.07) is 3.48. The number of hydrogen-bond acceptors (Lipinski definition) is 5. The van der Waals surface area contributed by atoms with E-state index in [4.69, 9.17) is 4.74 Å². The lowest BCUT2D eigenvalue weighted by Gasteiger charge is -2.04. The molecule has 0 saturated carbocycles. The second-order valence-corrected chi connectivity index (χ2v) is 3.14. The number of aromatic nitrogens is 4. The number of fused-ring (bicyclic) bond motifs is 1. The molecule has 0 aromatic carbocycles. The predicted octanol–water partition coefficient (Wildman–Crippen LogP) is -0.134. The molecule has 2 rings (SSSR count). The number of anilines is 1. The Bertz CT molecular complexity index is 518. The van der Waals surface area contributed by atoms with Crippen LogP contribution >= 0.6 is 0 Å². The minimum absolute atomic E-state index is 0.344. The van der Waals surface area contributed by atoms with Crippen molar-refractivity contribution in [1.82, 2.24) is 19.8 Å². The quantitative estimate of drug-likeness (QED) is 0.689. The molecular formula is C9H13N5O2. The molecule has 0 amide bonds. The van der Waals surface area contributed by atoms with Crippen molar-refractivity contribution in [2.45, 2.75) is 6.92 Å². The van der Waals surface area contributed by atoms with Gasteiger partial charge in [0, 0.05) is 13.2 Å². The highest BCUT2D eigenvalue weighted by Crippen LogP contribution is 2.01. The Balaban J connectivity index is 2.07. The molecule has 0 aliphatic heterocycles. The normalized spacial score (nSPS) is 10.8. The highest BCUT2D eigenvalue weighted by molar-refractivity contribution is 5.42. The SMILES string of the molecule is CCOCCNc1ccc2n[nH]c(=O)n2n1. The third kappa shape index (κ3) is 2.19. The van der Waals surface area contributed by atoms with Crippen LogP contribution in [0.15, 0.2) is 16.9 Å². The lowest BCUT2D eigenvalue weighted by molar-refractivity contribution is 0.158. The van der Waals surface area contributed by atoms with Crippen LogP contribution in [0.1, 0.15) is 6.92 Å². The van der Waals surface area contributed by atoms with E-state index in [2.05, 4.69) is 20.6 Å². The average Bonchev–Trinajstić information content (AvgIpc) is 2.67. The lowest BCUT2D eigenvalue weighted by Crippen LogP contribution is -2.15. The Hall–Kier alpha value is -1.89. The summed E-state index contributed by atoms with van der Waals surface area (Å²) in [6.45, 7) is 3.89. The zero-order valence-electron chi connectivity index (χ0n) is 8.93. The van der Waals surface area contributed by atoms with Crippen LogP contribution in [0.4, 0.5) is 5.82 Å². The van der Waals surface area contributed by atoms with Crippen LogP contribution < -0.4 is 11.0 Å². The topological polar surface area (TPSA) is 84.3 Å². The minimum Gasteiger partial charge on any atom is -0.380 e. The van der Waals surface area contributed by atoms with Gasteiger partial charge in [-0.25, -0.2) is 9.89 Å². The van der Waals surface area contributed by atoms with Gasteiger partial charge in [-0.3, -0.25) is 0 Å². The van der Waals surface area contributed by atoms with Gasteiger partial charge in [0.15, 0.2) is 5.65 Å². The predicted molar refractivity (Wildman–Crippen MR) is 58.6 cm³/mol. The summed E-state index contributed by atoms with van der Waals surface area (Å²) in [4.78, 5) is 11.2. The van der Waals surface area contributed by atoms with Gasteiger partial charge in [0.2, 0.25) is 0 Å². The van der Waals surface area contributed by atoms with Gasteiger partial charge in [-0.2, -0.15) is 9.61 Å². The third-order valence-electron chi connectivity index (χ3n) is 2.03. The number of aromatic amines is 1. The van der Waals surface area contributed by atoms with Crippen LogP contribution in [0.5, 0.6) is 0 Å². The largest absolute Gasteiger partial charge is 0.380 e. The zero-order chi connectivity index (χ0) is 11.4. The van der Waals surface area contributed by atoms with Crippen molar-refractivity contribution >= 4 is 11.5 Å². The van der Waals surface area contributed by atoms with Crippen molar-refractivity contribution in [2.24, 2.45) is 0 Å². The summed E-state index contributed by atoms with van der Waals surface area (Å²) in [6.07, 6.45) is 0. The van der Waals surface area contributed by atoms with Crippen molar-refractivity contribution in [3.05, 3.63) is 22.6 Å². The molecule has 2 aromatic heterocycles. The monoisotopic (exact) mass is 223 g/mol. The first-order valence-corrected chi connectivity index (χ1v) is 5.07. The van der Waals surface area contributed by atoms with E-state index in [9.17, 15) is 4.79 Å². The highest BCUT2D eigenvalue weighted by Gasteiger charge is 2.01. The molecule has 0 unspecified atom stereocenters. The third-order valence-corrected chi connectivity index (χ3v) is 2.03. The number of nitrogens with zero attached hydrogens (tertiary/aromatic N) is 3. The van der Waals surface area contributed by atoms with E-state index in [0.29, 0.717) is 31.2 Å². The number of nitrogens with one attached hydrogen (secondary N) is 2. The van der Waals surface area contributed by atoms with Gasteiger partial charge in [-0.05, 0) is 19.1 Å². The van der Waals surface area contributed by atoms with Gasteiger partial charge in [0.1, 0.15) is 5.82 Å². The van der Waals surface area contributed by atoms with E-state index in [-0.39, 0.29) is 5.69 Å². The molecule has 0 bridgehead atoms. The zero-order valence-corrected chi connectivity index (χ0v) is 8.93. The molecule has 0 radical (unpaired) electrons. The van der Waals surface area contributed by atoms with Crippen LogP contribution in [-0.2, 0) is 4.74 Å². The molecule has 0 fully saturated rings. The Kier molecular flexibility index (Phi) is 3.16. The number of rotatable bonds is 5. The van der Waals surface area contributed by atoms with E-state index in [1.807, 2.05) is 6.92 Å². The number of hydrogen-bond donors (Lipinski definition) is 2. The average molecular weight is 223 g/mol. The van der Waals surface area contributed by atoms with Crippen LogP contribution in [0.3, 0.4) is 0 Å². The fraction of sp³-hybridized carbons (Fsp3) is 0.444. The van der Waals surface area contributed by atoms with Gasteiger partial charge in [-0.1, -0.05) is 0 Å². The second-order valence-electron chi connectivity index (χ2n) is 3.14.